The highest BCUT2D eigenvalue weighted by Gasteiger charge is 2.22. The Morgan fingerprint density at radius 3 is 2.03 bits per heavy atom. The molecule has 0 aromatic heterocycles. The smallest absolute Gasteiger partial charge is 0.261 e. The molecule has 3 aromatic carbocycles. The van der Waals surface area contributed by atoms with E-state index >= 15 is 0 Å². The fourth-order valence-electron chi connectivity index (χ4n) is 3.00. The first-order valence-electron chi connectivity index (χ1n) is 9.67. The van der Waals surface area contributed by atoms with Crippen LogP contribution in [0.2, 0.25) is 0 Å². The van der Waals surface area contributed by atoms with Crippen molar-refractivity contribution < 1.29 is 21.6 Å². The second kappa shape index (κ2) is 9.94. The number of halogens is 1. The van der Waals surface area contributed by atoms with Gasteiger partial charge in [-0.1, -0.05) is 34.1 Å². The largest absolute Gasteiger partial charge is 0.325 e. The van der Waals surface area contributed by atoms with Crippen LogP contribution in [-0.4, -0.2) is 35.5 Å². The van der Waals surface area contributed by atoms with Gasteiger partial charge in [0.2, 0.25) is 15.9 Å². The number of carbonyl (C=O) groups is 1. The molecule has 0 spiro atoms. The molecule has 0 aliphatic heterocycles. The van der Waals surface area contributed by atoms with Gasteiger partial charge in [-0.25, -0.2) is 16.8 Å². The first-order chi connectivity index (χ1) is 15.5. The summed E-state index contributed by atoms with van der Waals surface area (Å²) < 4.78 is 54.0. The Morgan fingerprint density at radius 2 is 1.45 bits per heavy atom. The van der Waals surface area contributed by atoms with Crippen LogP contribution in [0.25, 0.3) is 0 Å². The third-order valence-electron chi connectivity index (χ3n) is 4.62. The molecule has 174 valence electrons. The predicted molar refractivity (Wildman–Crippen MR) is 133 cm³/mol. The van der Waals surface area contributed by atoms with Gasteiger partial charge in [0.1, 0.15) is 6.54 Å². The zero-order valence-corrected chi connectivity index (χ0v) is 21.0. The molecular weight excluding hydrogens is 530 g/mol. The highest BCUT2D eigenvalue weighted by Crippen LogP contribution is 2.23. The highest BCUT2D eigenvalue weighted by molar-refractivity contribution is 9.10. The summed E-state index contributed by atoms with van der Waals surface area (Å²) in [5.41, 5.74) is 1.87. The van der Waals surface area contributed by atoms with Crippen LogP contribution >= 0.6 is 15.9 Å². The molecule has 8 nitrogen and oxygen atoms in total. The number of hydrogen-bond acceptors (Lipinski definition) is 5. The molecule has 0 heterocycles. The normalized spacial score (nSPS) is 11.6. The van der Waals surface area contributed by atoms with E-state index in [4.69, 9.17) is 0 Å². The van der Waals surface area contributed by atoms with Crippen LogP contribution in [0.5, 0.6) is 0 Å². The molecule has 0 bridgehead atoms. The van der Waals surface area contributed by atoms with Gasteiger partial charge in [0.25, 0.3) is 10.0 Å². The summed E-state index contributed by atoms with van der Waals surface area (Å²) in [5.74, 6) is -0.563. The summed E-state index contributed by atoms with van der Waals surface area (Å²) in [6.07, 6.45) is 1.03. The minimum atomic E-state index is -3.82. The maximum Gasteiger partial charge on any atom is 0.261 e. The Hall–Kier alpha value is -2.89. The monoisotopic (exact) mass is 551 g/mol. The van der Waals surface area contributed by atoms with Gasteiger partial charge < -0.3 is 5.32 Å². The number of aryl methyl sites for hydroxylation is 1. The number of sulfonamides is 2. The Labute approximate surface area is 201 Å². The van der Waals surface area contributed by atoms with Crippen LogP contribution in [0, 0.1) is 6.92 Å². The summed E-state index contributed by atoms with van der Waals surface area (Å²) in [5, 5.41) is 2.60. The van der Waals surface area contributed by atoms with Crippen molar-refractivity contribution in [3.05, 3.63) is 82.8 Å². The topological polar surface area (TPSA) is 113 Å². The van der Waals surface area contributed by atoms with E-state index in [1.54, 1.807) is 55.5 Å². The summed E-state index contributed by atoms with van der Waals surface area (Å²) >= 11 is 3.29. The highest BCUT2D eigenvalue weighted by atomic mass is 79.9. The maximum absolute atomic E-state index is 12.6. The number of anilines is 3. The van der Waals surface area contributed by atoms with E-state index in [-0.39, 0.29) is 4.90 Å². The Bertz CT molecular complexity index is 1360. The maximum atomic E-state index is 12.6. The van der Waals surface area contributed by atoms with Gasteiger partial charge in [-0.2, -0.15) is 0 Å². The fourth-order valence-corrected chi connectivity index (χ4v) is 5.24. The van der Waals surface area contributed by atoms with E-state index in [1.807, 2.05) is 0 Å². The number of amides is 1. The van der Waals surface area contributed by atoms with E-state index in [0.29, 0.717) is 22.6 Å². The van der Waals surface area contributed by atoms with Gasteiger partial charge in [0.05, 0.1) is 16.8 Å². The molecule has 0 atom stereocenters. The van der Waals surface area contributed by atoms with Crippen molar-refractivity contribution in [1.82, 2.24) is 0 Å². The molecular formula is C22H22BrN3O5S2. The molecule has 0 saturated heterocycles. The molecule has 0 radical (unpaired) electrons. The number of nitrogens with one attached hydrogen (secondary N) is 2. The van der Waals surface area contributed by atoms with Crippen molar-refractivity contribution >= 4 is 58.9 Å². The van der Waals surface area contributed by atoms with Gasteiger partial charge in [0, 0.05) is 15.8 Å². The van der Waals surface area contributed by atoms with Crippen molar-refractivity contribution in [1.29, 1.82) is 0 Å². The molecule has 33 heavy (non-hydrogen) atoms. The van der Waals surface area contributed by atoms with Crippen molar-refractivity contribution in [2.24, 2.45) is 0 Å². The average Bonchev–Trinajstić information content (AvgIpc) is 2.74. The zero-order valence-electron chi connectivity index (χ0n) is 17.8. The van der Waals surface area contributed by atoms with E-state index in [0.717, 1.165) is 15.0 Å². The van der Waals surface area contributed by atoms with Gasteiger partial charge >= 0.3 is 0 Å². The lowest BCUT2D eigenvalue weighted by Gasteiger charge is -2.23. The summed E-state index contributed by atoms with van der Waals surface area (Å²) in [6.45, 7) is 1.34. The lowest BCUT2D eigenvalue weighted by Crippen LogP contribution is -2.37. The fraction of sp³-hybridized carbons (Fsp3) is 0.136. The third-order valence-corrected chi connectivity index (χ3v) is 7.67. The van der Waals surface area contributed by atoms with Crippen molar-refractivity contribution in [3.63, 3.8) is 0 Å². The van der Waals surface area contributed by atoms with E-state index in [1.165, 1.54) is 24.3 Å². The van der Waals surface area contributed by atoms with Crippen molar-refractivity contribution in [2.75, 3.05) is 27.1 Å². The minimum Gasteiger partial charge on any atom is -0.325 e. The Balaban J connectivity index is 1.71. The van der Waals surface area contributed by atoms with E-state index < -0.39 is 32.5 Å². The molecule has 11 heteroatoms. The SMILES string of the molecule is Cc1ccccc1N(CC(=O)Nc1ccc(S(=O)(=O)Nc2ccc(Br)cc2)cc1)S(C)(=O)=O. The van der Waals surface area contributed by atoms with Crippen LogP contribution in [0.15, 0.2) is 82.2 Å². The van der Waals surface area contributed by atoms with Crippen LogP contribution < -0.4 is 14.3 Å². The first kappa shape index (κ1) is 24.7. The number of benzene rings is 3. The lowest BCUT2D eigenvalue weighted by atomic mass is 10.2. The summed E-state index contributed by atoms with van der Waals surface area (Å²) in [4.78, 5) is 12.6. The number of rotatable bonds is 8. The summed E-state index contributed by atoms with van der Waals surface area (Å²) in [7, 11) is -7.52. The lowest BCUT2D eigenvalue weighted by molar-refractivity contribution is -0.114. The molecule has 0 aliphatic carbocycles. The number of hydrogen-bond donors (Lipinski definition) is 2. The molecule has 2 N–H and O–H groups in total. The Kier molecular flexibility index (Phi) is 7.45. The average molecular weight is 552 g/mol. The van der Waals surface area contributed by atoms with Crippen molar-refractivity contribution in [3.8, 4) is 0 Å². The van der Waals surface area contributed by atoms with Crippen LogP contribution in [0.3, 0.4) is 0 Å². The molecule has 0 aliphatic rings. The van der Waals surface area contributed by atoms with Gasteiger partial charge in [-0.3, -0.25) is 13.8 Å². The number of carbonyl (C=O) groups excluding carboxylic acids is 1. The molecule has 1 amide bonds. The number of para-hydroxylation sites is 1. The predicted octanol–water partition coefficient (Wildman–Crippen LogP) is 3.96. The zero-order chi connectivity index (χ0) is 24.2. The summed E-state index contributed by atoms with van der Waals surface area (Å²) in [6, 6.07) is 19.1. The second-order valence-corrected chi connectivity index (χ2v) is 11.7. The van der Waals surface area contributed by atoms with E-state index in [2.05, 4.69) is 26.0 Å². The molecule has 0 unspecified atom stereocenters. The standard InChI is InChI=1S/C22H22BrN3O5S2/c1-16-5-3-4-6-21(16)26(32(2,28)29)15-22(27)24-18-11-13-20(14-12-18)33(30,31)25-19-9-7-17(23)8-10-19/h3-14,25H,15H2,1-2H3,(H,24,27). The Morgan fingerprint density at radius 1 is 0.879 bits per heavy atom. The molecule has 0 fully saturated rings. The van der Waals surface area contributed by atoms with E-state index in [9.17, 15) is 21.6 Å². The first-order valence-corrected chi connectivity index (χ1v) is 13.8. The van der Waals surface area contributed by atoms with Crippen LogP contribution in [-0.2, 0) is 24.8 Å². The molecule has 3 aromatic rings. The van der Waals surface area contributed by atoms with Crippen LogP contribution in [0.1, 0.15) is 5.56 Å². The second-order valence-electron chi connectivity index (χ2n) is 7.24. The van der Waals surface area contributed by atoms with Gasteiger partial charge in [-0.15, -0.1) is 0 Å². The van der Waals surface area contributed by atoms with Gasteiger partial charge in [0.15, 0.2) is 0 Å². The van der Waals surface area contributed by atoms with Crippen molar-refractivity contribution in [2.45, 2.75) is 11.8 Å². The minimum absolute atomic E-state index is 0.0149. The molecule has 0 saturated carbocycles. The third kappa shape index (κ3) is 6.56. The molecule has 3 rings (SSSR count). The van der Waals surface area contributed by atoms with Crippen LogP contribution in [0.4, 0.5) is 17.1 Å². The van der Waals surface area contributed by atoms with Gasteiger partial charge in [-0.05, 0) is 67.1 Å². The number of nitrogens with zero attached hydrogens (tertiary/aromatic N) is 1. The quantitative estimate of drug-likeness (QED) is 0.440.